The van der Waals surface area contributed by atoms with Crippen molar-refractivity contribution in [3.8, 4) is 22.3 Å². The van der Waals surface area contributed by atoms with Crippen molar-refractivity contribution in [1.82, 2.24) is 0 Å². The van der Waals surface area contributed by atoms with Gasteiger partial charge in [-0.15, -0.1) is 0 Å². The molecule has 3 aromatic rings. The first kappa shape index (κ1) is 27.2. The Morgan fingerprint density at radius 3 is 2.22 bits per heavy atom. The Bertz CT molecular complexity index is 1190. The van der Waals surface area contributed by atoms with Crippen LogP contribution in [0.5, 0.6) is 0 Å². The molecule has 0 bridgehead atoms. The minimum atomic E-state index is -0.805. The van der Waals surface area contributed by atoms with Crippen molar-refractivity contribution in [1.29, 1.82) is 0 Å². The summed E-state index contributed by atoms with van der Waals surface area (Å²) >= 11 is 0. The van der Waals surface area contributed by atoms with Gasteiger partial charge in [-0.05, 0) is 66.5 Å². The fourth-order valence-electron chi connectivity index (χ4n) is 5.19. The van der Waals surface area contributed by atoms with E-state index in [0.717, 1.165) is 49.7 Å². The highest BCUT2D eigenvalue weighted by molar-refractivity contribution is 5.71. The Balaban J connectivity index is 1.44. The van der Waals surface area contributed by atoms with E-state index in [0.29, 0.717) is 29.7 Å². The van der Waals surface area contributed by atoms with Gasteiger partial charge in [-0.2, -0.15) is 0 Å². The molecule has 0 N–H and O–H groups in total. The number of rotatable bonds is 10. The van der Waals surface area contributed by atoms with Crippen LogP contribution in [0, 0.1) is 17.5 Å². The molecule has 0 aliphatic carbocycles. The fourth-order valence-corrected chi connectivity index (χ4v) is 5.19. The third kappa shape index (κ3) is 6.73. The molecule has 2 atom stereocenters. The SMILES string of the molecule is CC=CC1CCC(c2ccc(-c3ccc(-c4ccc(CCCCCCC)c(F)c4F)cc3)cc2F)CO1. The van der Waals surface area contributed by atoms with Gasteiger partial charge in [-0.3, -0.25) is 0 Å². The van der Waals surface area contributed by atoms with Gasteiger partial charge in [0.15, 0.2) is 11.6 Å². The van der Waals surface area contributed by atoms with E-state index < -0.39 is 11.6 Å². The highest BCUT2D eigenvalue weighted by Gasteiger charge is 2.24. The maximum absolute atomic E-state index is 15.0. The van der Waals surface area contributed by atoms with E-state index in [2.05, 4.69) is 6.92 Å². The van der Waals surface area contributed by atoms with Gasteiger partial charge >= 0.3 is 0 Å². The molecule has 2 unspecified atom stereocenters. The molecule has 0 aromatic heterocycles. The number of hydrogen-bond acceptors (Lipinski definition) is 1. The van der Waals surface area contributed by atoms with E-state index in [1.807, 2.05) is 43.3 Å². The molecule has 37 heavy (non-hydrogen) atoms. The van der Waals surface area contributed by atoms with Crippen LogP contribution in [-0.2, 0) is 11.2 Å². The van der Waals surface area contributed by atoms with Gasteiger partial charge in [0.05, 0.1) is 12.7 Å². The lowest BCUT2D eigenvalue weighted by atomic mass is 9.89. The van der Waals surface area contributed by atoms with Gasteiger partial charge in [-0.25, -0.2) is 13.2 Å². The van der Waals surface area contributed by atoms with Crippen LogP contribution in [0.25, 0.3) is 22.3 Å². The Kier molecular flexibility index (Phi) is 9.62. The third-order valence-corrected chi connectivity index (χ3v) is 7.40. The molecule has 3 aromatic carbocycles. The molecular weight excluding hydrogens is 469 g/mol. The fraction of sp³-hybridized carbons (Fsp3) is 0.394. The van der Waals surface area contributed by atoms with Crippen LogP contribution in [0.4, 0.5) is 13.2 Å². The zero-order chi connectivity index (χ0) is 26.2. The normalized spacial score (nSPS) is 18.0. The summed E-state index contributed by atoms with van der Waals surface area (Å²) in [6.07, 6.45) is 11.8. The van der Waals surface area contributed by atoms with Gasteiger partial charge in [0.2, 0.25) is 0 Å². The van der Waals surface area contributed by atoms with Crippen molar-refractivity contribution < 1.29 is 17.9 Å². The molecule has 4 heteroatoms. The quantitative estimate of drug-likeness (QED) is 0.196. The van der Waals surface area contributed by atoms with Gasteiger partial charge in [-0.1, -0.05) is 93.3 Å². The van der Waals surface area contributed by atoms with Crippen molar-refractivity contribution in [2.45, 2.75) is 77.2 Å². The smallest absolute Gasteiger partial charge is 0.166 e. The van der Waals surface area contributed by atoms with E-state index in [4.69, 9.17) is 4.74 Å². The summed E-state index contributed by atoms with van der Waals surface area (Å²) < 4.78 is 50.5. The first-order valence-corrected chi connectivity index (χ1v) is 13.6. The standard InChI is InChI=1S/C33H37F3O/c1-3-5-6-7-8-10-25-16-20-30(33(36)32(25)35)24-13-11-23(12-14-24)26-17-19-29(31(34)21-26)27-15-18-28(9-4-2)37-22-27/h4,9,11-14,16-17,19-21,27-28H,3,5-8,10,15,18,22H2,1-2H3. The first-order valence-electron chi connectivity index (χ1n) is 13.6. The predicted molar refractivity (Wildman–Crippen MR) is 146 cm³/mol. The van der Waals surface area contributed by atoms with E-state index in [1.54, 1.807) is 30.3 Å². The summed E-state index contributed by atoms with van der Waals surface area (Å²) in [5.41, 5.74) is 3.54. The van der Waals surface area contributed by atoms with Crippen LogP contribution < -0.4 is 0 Å². The number of hydrogen-bond donors (Lipinski definition) is 0. The molecule has 4 rings (SSSR count). The number of halogens is 3. The van der Waals surface area contributed by atoms with Crippen molar-refractivity contribution in [3.63, 3.8) is 0 Å². The molecule has 1 nitrogen and oxygen atoms in total. The molecule has 0 saturated carbocycles. The molecular formula is C33H37F3O. The van der Waals surface area contributed by atoms with Gasteiger partial charge in [0.25, 0.3) is 0 Å². The molecule has 1 aliphatic heterocycles. The maximum Gasteiger partial charge on any atom is 0.166 e. The maximum atomic E-state index is 15.0. The molecule has 0 spiro atoms. The average Bonchev–Trinajstić information content (AvgIpc) is 2.92. The Labute approximate surface area is 219 Å². The second-order valence-corrected chi connectivity index (χ2v) is 10.0. The van der Waals surface area contributed by atoms with Gasteiger partial charge in [0.1, 0.15) is 5.82 Å². The van der Waals surface area contributed by atoms with E-state index >= 15 is 4.39 Å². The summed E-state index contributed by atoms with van der Waals surface area (Å²) in [5.74, 6) is -1.74. The van der Waals surface area contributed by atoms with Crippen LogP contribution in [0.2, 0.25) is 0 Å². The average molecular weight is 507 g/mol. The third-order valence-electron chi connectivity index (χ3n) is 7.40. The lowest BCUT2D eigenvalue weighted by Crippen LogP contribution is -2.23. The van der Waals surface area contributed by atoms with Crippen molar-refractivity contribution in [2.75, 3.05) is 6.61 Å². The summed E-state index contributed by atoms with van der Waals surface area (Å²) in [6.45, 7) is 4.64. The topological polar surface area (TPSA) is 9.23 Å². The van der Waals surface area contributed by atoms with Crippen molar-refractivity contribution in [3.05, 3.63) is 95.3 Å². The van der Waals surface area contributed by atoms with Gasteiger partial charge in [0, 0.05) is 11.5 Å². The summed E-state index contributed by atoms with van der Waals surface area (Å²) in [6, 6.07) is 15.9. The van der Waals surface area contributed by atoms with Crippen LogP contribution in [0.3, 0.4) is 0 Å². The largest absolute Gasteiger partial charge is 0.374 e. The Morgan fingerprint density at radius 1 is 0.811 bits per heavy atom. The number of ether oxygens (including phenoxy) is 1. The van der Waals surface area contributed by atoms with Gasteiger partial charge < -0.3 is 4.74 Å². The first-order chi connectivity index (χ1) is 18.0. The zero-order valence-corrected chi connectivity index (χ0v) is 21.9. The number of unbranched alkanes of at least 4 members (excludes halogenated alkanes) is 4. The second kappa shape index (κ2) is 13.1. The van der Waals surface area contributed by atoms with Crippen LogP contribution >= 0.6 is 0 Å². The molecule has 0 radical (unpaired) electrons. The molecule has 1 aliphatic rings. The Morgan fingerprint density at radius 2 is 1.54 bits per heavy atom. The number of aryl methyl sites for hydroxylation is 1. The lowest BCUT2D eigenvalue weighted by molar-refractivity contribution is 0.0319. The van der Waals surface area contributed by atoms with Crippen molar-refractivity contribution >= 4 is 0 Å². The number of benzene rings is 3. The monoisotopic (exact) mass is 506 g/mol. The minimum absolute atomic E-state index is 0.0510. The van der Waals surface area contributed by atoms with E-state index in [-0.39, 0.29) is 23.4 Å². The summed E-state index contributed by atoms with van der Waals surface area (Å²) in [7, 11) is 0. The second-order valence-electron chi connectivity index (χ2n) is 10.0. The number of allylic oxidation sites excluding steroid dienone is 1. The molecule has 1 saturated heterocycles. The molecule has 196 valence electrons. The van der Waals surface area contributed by atoms with Crippen molar-refractivity contribution in [2.24, 2.45) is 0 Å². The predicted octanol–water partition coefficient (Wildman–Crippen LogP) is 9.79. The molecule has 1 fully saturated rings. The van der Waals surface area contributed by atoms with Crippen LogP contribution in [0.15, 0.2) is 66.7 Å². The summed E-state index contributed by atoms with van der Waals surface area (Å²) in [4.78, 5) is 0. The lowest BCUT2D eigenvalue weighted by Gasteiger charge is -2.28. The van der Waals surface area contributed by atoms with Crippen LogP contribution in [0.1, 0.15) is 75.8 Å². The van der Waals surface area contributed by atoms with E-state index in [1.165, 1.54) is 6.42 Å². The van der Waals surface area contributed by atoms with E-state index in [9.17, 15) is 8.78 Å². The highest BCUT2D eigenvalue weighted by atomic mass is 19.2. The minimum Gasteiger partial charge on any atom is -0.374 e. The molecule has 1 heterocycles. The molecule has 0 amide bonds. The van der Waals surface area contributed by atoms with Crippen LogP contribution in [-0.4, -0.2) is 12.7 Å². The summed E-state index contributed by atoms with van der Waals surface area (Å²) in [5, 5.41) is 0. The Hall–Kier alpha value is -2.85. The zero-order valence-electron chi connectivity index (χ0n) is 21.9. The highest BCUT2D eigenvalue weighted by Crippen LogP contribution is 2.34.